The Morgan fingerprint density at radius 2 is 1.92 bits per heavy atom. The molecule has 5 nitrogen and oxygen atoms in total. The lowest BCUT2D eigenvalue weighted by atomic mass is 10.3. The average molecular weight is 167 g/mol. The molecule has 5 heteroatoms. The lowest BCUT2D eigenvalue weighted by molar-refractivity contribution is 0.197. The molecule has 0 aliphatic rings. The first kappa shape index (κ1) is 8.19. The maximum Gasteiger partial charge on any atom is 0.423 e. The van der Waals surface area contributed by atoms with Crippen molar-refractivity contribution in [2.24, 2.45) is 0 Å². The second kappa shape index (κ2) is 3.47. The van der Waals surface area contributed by atoms with E-state index in [-0.39, 0.29) is 0 Å². The van der Waals surface area contributed by atoms with E-state index in [1.807, 2.05) is 5.43 Å². The van der Waals surface area contributed by atoms with Gasteiger partial charge in [-0.3, -0.25) is 5.43 Å². The normalized spacial score (nSPS) is 9.00. The number of amides is 1. The van der Waals surface area contributed by atoms with Crippen LogP contribution >= 0.6 is 0 Å². The fourth-order valence-electron chi connectivity index (χ4n) is 0.692. The van der Waals surface area contributed by atoms with Crippen molar-refractivity contribution < 1.29 is 9.90 Å². The first-order chi connectivity index (χ1) is 5.68. The number of benzene rings is 1. The molecule has 0 heterocycles. The zero-order valence-corrected chi connectivity index (χ0v) is 6.24. The molecule has 64 valence electrons. The van der Waals surface area contributed by atoms with Crippen LogP contribution in [-0.4, -0.2) is 11.2 Å². The summed E-state index contributed by atoms with van der Waals surface area (Å²) in [6, 6.07) is 6.69. The lowest BCUT2D eigenvalue weighted by Gasteiger charge is -2.04. The molecule has 0 spiro atoms. The molecule has 1 aromatic rings. The number of nitrogens with one attached hydrogen (secondary N) is 2. The molecular formula is C7H9N3O2. The molecule has 0 unspecified atom stereocenters. The third-order valence-corrected chi connectivity index (χ3v) is 1.22. The average Bonchev–Trinajstić information content (AvgIpc) is 2.03. The van der Waals surface area contributed by atoms with Crippen molar-refractivity contribution in [3.05, 3.63) is 24.3 Å². The van der Waals surface area contributed by atoms with Gasteiger partial charge in [-0.25, -0.2) is 10.2 Å². The Balaban J connectivity index is 2.53. The van der Waals surface area contributed by atoms with E-state index >= 15 is 0 Å². The molecule has 0 fully saturated rings. The molecule has 0 saturated carbocycles. The Hall–Kier alpha value is -1.91. The van der Waals surface area contributed by atoms with Gasteiger partial charge in [0.25, 0.3) is 0 Å². The van der Waals surface area contributed by atoms with Crippen LogP contribution in [0.5, 0.6) is 0 Å². The SMILES string of the molecule is Nc1ccc(NNC(=O)O)cc1. The minimum absolute atomic E-state index is 0.635. The highest BCUT2D eigenvalue weighted by molar-refractivity contribution is 5.67. The fourth-order valence-corrected chi connectivity index (χ4v) is 0.692. The zero-order chi connectivity index (χ0) is 8.97. The maximum absolute atomic E-state index is 10.0. The van der Waals surface area contributed by atoms with E-state index in [1.54, 1.807) is 24.3 Å². The van der Waals surface area contributed by atoms with E-state index in [0.717, 1.165) is 0 Å². The number of rotatable bonds is 2. The van der Waals surface area contributed by atoms with Crippen molar-refractivity contribution in [2.75, 3.05) is 11.2 Å². The zero-order valence-electron chi connectivity index (χ0n) is 6.24. The van der Waals surface area contributed by atoms with Gasteiger partial charge in [-0.1, -0.05) is 0 Å². The van der Waals surface area contributed by atoms with Crippen molar-refractivity contribution in [1.82, 2.24) is 5.43 Å². The van der Waals surface area contributed by atoms with Crippen LogP contribution in [0.1, 0.15) is 0 Å². The summed E-state index contributed by atoms with van der Waals surface area (Å²) in [5.74, 6) is 0. The van der Waals surface area contributed by atoms with Crippen LogP contribution in [0, 0.1) is 0 Å². The molecule has 0 saturated heterocycles. The third kappa shape index (κ3) is 2.37. The van der Waals surface area contributed by atoms with Crippen LogP contribution in [0.4, 0.5) is 16.2 Å². The first-order valence-electron chi connectivity index (χ1n) is 3.29. The Bertz CT molecular complexity index is 270. The molecule has 0 atom stereocenters. The topological polar surface area (TPSA) is 87.4 Å². The third-order valence-electron chi connectivity index (χ3n) is 1.22. The largest absolute Gasteiger partial charge is 0.464 e. The van der Waals surface area contributed by atoms with Gasteiger partial charge in [-0.2, -0.15) is 0 Å². The van der Waals surface area contributed by atoms with Gasteiger partial charge in [0.1, 0.15) is 0 Å². The summed E-state index contributed by atoms with van der Waals surface area (Å²) in [7, 11) is 0. The first-order valence-corrected chi connectivity index (χ1v) is 3.29. The number of hydrazine groups is 1. The highest BCUT2D eigenvalue weighted by Crippen LogP contribution is 2.08. The highest BCUT2D eigenvalue weighted by atomic mass is 16.4. The van der Waals surface area contributed by atoms with E-state index in [9.17, 15) is 4.79 Å². The summed E-state index contributed by atoms with van der Waals surface area (Å²) in [5.41, 5.74) is 11.2. The standard InChI is InChI=1S/C7H9N3O2/c8-5-1-3-6(4-2-5)9-10-7(11)12/h1-4,9-10H,8H2,(H,11,12). The molecule has 1 rings (SSSR count). The van der Waals surface area contributed by atoms with Crippen molar-refractivity contribution in [3.63, 3.8) is 0 Å². The van der Waals surface area contributed by atoms with Crippen molar-refractivity contribution in [3.8, 4) is 0 Å². The van der Waals surface area contributed by atoms with Gasteiger partial charge in [-0.15, -0.1) is 0 Å². The molecule has 0 radical (unpaired) electrons. The number of carboxylic acid groups (broad SMARTS) is 1. The van der Waals surface area contributed by atoms with E-state index in [0.29, 0.717) is 11.4 Å². The number of anilines is 2. The fraction of sp³-hybridized carbons (Fsp3) is 0. The molecule has 1 amide bonds. The summed E-state index contributed by atoms with van der Waals surface area (Å²) in [6.07, 6.45) is -1.13. The lowest BCUT2D eigenvalue weighted by Crippen LogP contribution is -2.27. The van der Waals surface area contributed by atoms with Crippen LogP contribution < -0.4 is 16.6 Å². The quantitative estimate of drug-likeness (QED) is 0.388. The summed E-state index contributed by atoms with van der Waals surface area (Å²) in [5, 5.41) is 8.23. The summed E-state index contributed by atoms with van der Waals surface area (Å²) < 4.78 is 0. The Labute approximate surface area is 69.2 Å². The number of nitrogens with two attached hydrogens (primary N) is 1. The molecule has 0 aliphatic heterocycles. The molecule has 5 N–H and O–H groups in total. The second-order valence-corrected chi connectivity index (χ2v) is 2.18. The van der Waals surface area contributed by atoms with Gasteiger partial charge < -0.3 is 10.8 Å². The molecule has 0 aromatic heterocycles. The predicted molar refractivity (Wildman–Crippen MR) is 45.6 cm³/mol. The van der Waals surface area contributed by atoms with E-state index in [2.05, 4.69) is 5.43 Å². The minimum atomic E-state index is -1.13. The molecule has 1 aromatic carbocycles. The van der Waals surface area contributed by atoms with E-state index in [4.69, 9.17) is 10.8 Å². The second-order valence-electron chi connectivity index (χ2n) is 2.18. The molecule has 12 heavy (non-hydrogen) atoms. The molecule has 0 aliphatic carbocycles. The van der Waals surface area contributed by atoms with Gasteiger partial charge in [-0.05, 0) is 24.3 Å². The van der Waals surface area contributed by atoms with Crippen LogP contribution in [0.2, 0.25) is 0 Å². The smallest absolute Gasteiger partial charge is 0.423 e. The summed E-state index contributed by atoms with van der Waals surface area (Å²) >= 11 is 0. The van der Waals surface area contributed by atoms with Gasteiger partial charge >= 0.3 is 6.09 Å². The number of carbonyl (C=O) groups is 1. The summed E-state index contributed by atoms with van der Waals surface area (Å²) in [4.78, 5) is 10.0. The van der Waals surface area contributed by atoms with Gasteiger partial charge in [0.2, 0.25) is 0 Å². The highest BCUT2D eigenvalue weighted by Gasteiger charge is 1.93. The van der Waals surface area contributed by atoms with Crippen LogP contribution in [-0.2, 0) is 0 Å². The Kier molecular flexibility index (Phi) is 2.37. The van der Waals surface area contributed by atoms with E-state index < -0.39 is 6.09 Å². The number of hydrogen-bond donors (Lipinski definition) is 4. The van der Waals surface area contributed by atoms with Gasteiger partial charge in [0, 0.05) is 5.69 Å². The maximum atomic E-state index is 10.0. The van der Waals surface area contributed by atoms with Crippen molar-refractivity contribution >= 4 is 17.5 Å². The number of nitrogen functional groups attached to an aromatic ring is 1. The van der Waals surface area contributed by atoms with Crippen molar-refractivity contribution in [2.45, 2.75) is 0 Å². The van der Waals surface area contributed by atoms with Crippen molar-refractivity contribution in [1.29, 1.82) is 0 Å². The van der Waals surface area contributed by atoms with Gasteiger partial charge in [0.05, 0.1) is 5.69 Å². The van der Waals surface area contributed by atoms with Gasteiger partial charge in [0.15, 0.2) is 0 Å². The Morgan fingerprint density at radius 1 is 1.33 bits per heavy atom. The predicted octanol–water partition coefficient (Wildman–Crippen LogP) is 0.863. The molecule has 0 bridgehead atoms. The van der Waals surface area contributed by atoms with Crippen LogP contribution in [0.25, 0.3) is 0 Å². The monoisotopic (exact) mass is 167 g/mol. The molecular weight excluding hydrogens is 158 g/mol. The number of hydrogen-bond acceptors (Lipinski definition) is 3. The minimum Gasteiger partial charge on any atom is -0.464 e. The summed E-state index contributed by atoms with van der Waals surface area (Å²) in [6.45, 7) is 0. The van der Waals surface area contributed by atoms with E-state index in [1.165, 1.54) is 0 Å². The van der Waals surface area contributed by atoms with Crippen LogP contribution in [0.15, 0.2) is 24.3 Å². The van der Waals surface area contributed by atoms with Crippen LogP contribution in [0.3, 0.4) is 0 Å². The Morgan fingerprint density at radius 3 is 2.42 bits per heavy atom.